The van der Waals surface area contributed by atoms with Gasteiger partial charge in [0.15, 0.2) is 6.61 Å². The first-order valence-corrected chi connectivity index (χ1v) is 9.52. The zero-order valence-electron chi connectivity index (χ0n) is 16.2. The molecule has 0 unspecified atom stereocenters. The molecule has 0 bridgehead atoms. The highest BCUT2D eigenvalue weighted by molar-refractivity contribution is 5.77. The van der Waals surface area contributed by atoms with Crippen LogP contribution in [0.5, 0.6) is 17.2 Å². The van der Waals surface area contributed by atoms with Gasteiger partial charge in [0.1, 0.15) is 23.4 Å². The minimum Gasteiger partial charge on any atom is -0.494 e. The number of hydrogen-bond acceptors (Lipinski definition) is 4. The molecule has 0 aliphatic carbocycles. The van der Waals surface area contributed by atoms with Crippen LogP contribution in [0, 0.1) is 0 Å². The minimum absolute atomic E-state index is 0.0182. The zero-order chi connectivity index (χ0) is 19.2. The molecule has 1 amide bonds. The Morgan fingerprint density at radius 3 is 2.85 bits per heavy atom. The normalized spacial score (nSPS) is 15.0. The fraction of sp³-hybridized carbons (Fsp3) is 0.409. The molecular weight excluding hydrogens is 342 g/mol. The average molecular weight is 369 g/mol. The van der Waals surface area contributed by atoms with Crippen LogP contribution in [0.2, 0.25) is 0 Å². The number of carbonyl (C=O) groups excluding carboxylic acids is 1. The number of fused-ring (bicyclic) bond motifs is 1. The maximum atomic E-state index is 12.2. The van der Waals surface area contributed by atoms with Gasteiger partial charge in [-0.3, -0.25) is 4.79 Å². The van der Waals surface area contributed by atoms with Gasteiger partial charge in [0.05, 0.1) is 6.61 Å². The van der Waals surface area contributed by atoms with E-state index in [1.807, 2.05) is 50.2 Å². The molecule has 0 saturated heterocycles. The summed E-state index contributed by atoms with van der Waals surface area (Å²) in [5, 5.41) is 2.90. The highest BCUT2D eigenvalue weighted by Gasteiger charge is 2.22. The van der Waals surface area contributed by atoms with E-state index in [0.717, 1.165) is 35.5 Å². The molecule has 0 radical (unpaired) electrons. The zero-order valence-corrected chi connectivity index (χ0v) is 16.2. The summed E-state index contributed by atoms with van der Waals surface area (Å²) in [7, 11) is 0. The molecule has 144 valence electrons. The first kappa shape index (κ1) is 19.1. The van der Waals surface area contributed by atoms with Gasteiger partial charge in [-0.05, 0) is 50.1 Å². The minimum atomic E-state index is -0.172. The van der Waals surface area contributed by atoms with Crippen molar-refractivity contribution in [1.29, 1.82) is 0 Å². The number of rotatable bonds is 8. The Morgan fingerprint density at radius 2 is 2.07 bits per heavy atom. The quantitative estimate of drug-likeness (QED) is 0.771. The van der Waals surface area contributed by atoms with Crippen LogP contribution in [0.4, 0.5) is 0 Å². The van der Waals surface area contributed by atoms with Crippen LogP contribution in [-0.2, 0) is 24.2 Å². The fourth-order valence-electron chi connectivity index (χ4n) is 3.16. The molecule has 3 rings (SSSR count). The Labute approximate surface area is 160 Å². The third-order valence-corrected chi connectivity index (χ3v) is 4.53. The van der Waals surface area contributed by atoms with E-state index in [2.05, 4.69) is 12.2 Å². The molecule has 1 aliphatic heterocycles. The Balaban J connectivity index is 1.58. The predicted molar refractivity (Wildman–Crippen MR) is 105 cm³/mol. The van der Waals surface area contributed by atoms with Crippen LogP contribution in [0.1, 0.15) is 37.5 Å². The second-order valence-electron chi connectivity index (χ2n) is 6.70. The largest absolute Gasteiger partial charge is 0.494 e. The van der Waals surface area contributed by atoms with Crippen molar-refractivity contribution in [3.05, 3.63) is 53.1 Å². The summed E-state index contributed by atoms with van der Waals surface area (Å²) >= 11 is 0. The van der Waals surface area contributed by atoms with Crippen LogP contribution < -0.4 is 19.5 Å². The van der Waals surface area contributed by atoms with Gasteiger partial charge in [0, 0.05) is 24.1 Å². The van der Waals surface area contributed by atoms with Crippen molar-refractivity contribution < 1.29 is 19.0 Å². The second-order valence-corrected chi connectivity index (χ2v) is 6.70. The van der Waals surface area contributed by atoms with E-state index < -0.39 is 0 Å². The Morgan fingerprint density at radius 1 is 1.22 bits per heavy atom. The SMILES string of the molecule is CCOc1cc2c(cc1CNC(=O)COc1cccc(CC)c1)O[C@@H](C)C2. The van der Waals surface area contributed by atoms with Crippen molar-refractivity contribution in [2.45, 2.75) is 46.3 Å². The number of carbonyl (C=O) groups is 1. The molecule has 0 saturated carbocycles. The van der Waals surface area contributed by atoms with E-state index in [1.54, 1.807) is 0 Å². The molecule has 1 aliphatic rings. The van der Waals surface area contributed by atoms with Crippen LogP contribution in [0.15, 0.2) is 36.4 Å². The molecule has 0 spiro atoms. The third kappa shape index (κ3) is 4.94. The number of hydrogen-bond donors (Lipinski definition) is 1. The molecule has 27 heavy (non-hydrogen) atoms. The molecular formula is C22H27NO4. The highest BCUT2D eigenvalue weighted by Crippen LogP contribution is 2.35. The van der Waals surface area contributed by atoms with Gasteiger partial charge in [-0.25, -0.2) is 0 Å². The average Bonchev–Trinajstić information content (AvgIpc) is 3.03. The van der Waals surface area contributed by atoms with Gasteiger partial charge in [-0.2, -0.15) is 0 Å². The smallest absolute Gasteiger partial charge is 0.258 e. The lowest BCUT2D eigenvalue weighted by atomic mass is 10.1. The van der Waals surface area contributed by atoms with Crippen molar-refractivity contribution in [3.63, 3.8) is 0 Å². The van der Waals surface area contributed by atoms with E-state index in [-0.39, 0.29) is 18.6 Å². The number of aryl methyl sites for hydroxylation is 1. The summed E-state index contributed by atoms with van der Waals surface area (Å²) in [5.74, 6) is 2.21. The number of benzene rings is 2. The summed E-state index contributed by atoms with van der Waals surface area (Å²) < 4.78 is 17.2. The molecule has 0 aromatic heterocycles. The van der Waals surface area contributed by atoms with E-state index in [4.69, 9.17) is 14.2 Å². The molecule has 0 fully saturated rings. The first-order valence-electron chi connectivity index (χ1n) is 9.52. The van der Waals surface area contributed by atoms with Gasteiger partial charge in [0.2, 0.25) is 0 Å². The van der Waals surface area contributed by atoms with Crippen molar-refractivity contribution >= 4 is 5.91 Å². The second kappa shape index (κ2) is 8.80. The summed E-state index contributed by atoms with van der Waals surface area (Å²) in [5.41, 5.74) is 3.24. The maximum Gasteiger partial charge on any atom is 0.258 e. The van der Waals surface area contributed by atoms with Crippen molar-refractivity contribution in [2.75, 3.05) is 13.2 Å². The van der Waals surface area contributed by atoms with Crippen molar-refractivity contribution in [2.24, 2.45) is 0 Å². The van der Waals surface area contributed by atoms with Gasteiger partial charge in [0.25, 0.3) is 5.91 Å². The van der Waals surface area contributed by atoms with Crippen LogP contribution in [0.3, 0.4) is 0 Å². The lowest BCUT2D eigenvalue weighted by molar-refractivity contribution is -0.123. The van der Waals surface area contributed by atoms with Gasteiger partial charge in [-0.15, -0.1) is 0 Å². The summed E-state index contributed by atoms with van der Waals surface area (Å²) in [4.78, 5) is 12.2. The molecule has 2 aromatic rings. The van der Waals surface area contributed by atoms with E-state index in [0.29, 0.717) is 18.9 Å². The number of nitrogens with one attached hydrogen (secondary N) is 1. The summed E-state index contributed by atoms with van der Waals surface area (Å²) in [6.07, 6.45) is 1.99. The van der Waals surface area contributed by atoms with E-state index >= 15 is 0 Å². The Hall–Kier alpha value is -2.69. The third-order valence-electron chi connectivity index (χ3n) is 4.53. The van der Waals surface area contributed by atoms with E-state index in [1.165, 1.54) is 5.56 Å². The van der Waals surface area contributed by atoms with Crippen LogP contribution in [-0.4, -0.2) is 25.2 Å². The van der Waals surface area contributed by atoms with Crippen LogP contribution in [0.25, 0.3) is 0 Å². The molecule has 1 atom stereocenters. The standard InChI is InChI=1S/C22H27NO4/c1-4-16-7-6-8-19(10-16)26-14-22(24)23-13-18-12-21-17(9-15(3)27-21)11-20(18)25-5-2/h6-8,10-12,15H,4-5,9,13-14H2,1-3H3,(H,23,24)/t15-/m0/s1. The number of amides is 1. The van der Waals surface area contributed by atoms with Gasteiger partial charge < -0.3 is 19.5 Å². The number of ether oxygens (including phenoxy) is 3. The van der Waals surface area contributed by atoms with Crippen molar-refractivity contribution in [3.8, 4) is 17.2 Å². The van der Waals surface area contributed by atoms with E-state index in [9.17, 15) is 4.79 Å². The fourth-order valence-corrected chi connectivity index (χ4v) is 3.16. The molecule has 1 heterocycles. The summed E-state index contributed by atoms with van der Waals surface area (Å²) in [6, 6.07) is 11.8. The molecule has 5 heteroatoms. The molecule has 5 nitrogen and oxygen atoms in total. The molecule has 2 aromatic carbocycles. The first-order chi connectivity index (χ1) is 13.1. The monoisotopic (exact) mass is 369 g/mol. The highest BCUT2D eigenvalue weighted by atomic mass is 16.5. The Bertz CT molecular complexity index is 803. The Kier molecular flexibility index (Phi) is 6.22. The lowest BCUT2D eigenvalue weighted by Gasteiger charge is -2.14. The van der Waals surface area contributed by atoms with Crippen molar-refractivity contribution in [1.82, 2.24) is 5.32 Å². The maximum absolute atomic E-state index is 12.2. The predicted octanol–water partition coefficient (Wildman–Crippen LogP) is 3.67. The molecule has 1 N–H and O–H groups in total. The summed E-state index contributed by atoms with van der Waals surface area (Å²) in [6.45, 7) is 7.02. The lowest BCUT2D eigenvalue weighted by Crippen LogP contribution is -2.28. The topological polar surface area (TPSA) is 56.8 Å². The van der Waals surface area contributed by atoms with Crippen LogP contribution >= 0.6 is 0 Å². The van der Waals surface area contributed by atoms with Gasteiger partial charge >= 0.3 is 0 Å². The van der Waals surface area contributed by atoms with Gasteiger partial charge in [-0.1, -0.05) is 19.1 Å².